The lowest BCUT2D eigenvalue weighted by Gasteiger charge is -2.16. The number of alkyl halides is 2. The number of hydrogen-bond acceptors (Lipinski definition) is 5. The van der Waals surface area contributed by atoms with Crippen LogP contribution in [0.5, 0.6) is 0 Å². The maximum atomic E-state index is 12.8. The Morgan fingerprint density at radius 1 is 1.23 bits per heavy atom. The molecule has 1 atom stereocenters. The molecule has 0 fully saturated rings. The summed E-state index contributed by atoms with van der Waals surface area (Å²) in [7, 11) is 1.32. The molecule has 0 radical (unpaired) electrons. The van der Waals surface area contributed by atoms with Gasteiger partial charge >= 0.3 is 5.97 Å². The lowest BCUT2D eigenvalue weighted by Crippen LogP contribution is -2.43. The quantitative estimate of drug-likeness (QED) is 0.541. The van der Waals surface area contributed by atoms with E-state index in [4.69, 9.17) is 0 Å². The van der Waals surface area contributed by atoms with Gasteiger partial charge in [0.1, 0.15) is 17.4 Å². The van der Waals surface area contributed by atoms with Crippen molar-refractivity contribution in [1.29, 1.82) is 0 Å². The summed E-state index contributed by atoms with van der Waals surface area (Å²) in [4.78, 5) is 28.7. The van der Waals surface area contributed by atoms with Gasteiger partial charge in [0.15, 0.2) is 0 Å². The van der Waals surface area contributed by atoms with Gasteiger partial charge in [-0.25, -0.2) is 13.6 Å². The van der Waals surface area contributed by atoms with Crippen LogP contribution in [-0.2, 0) is 24.9 Å². The molecule has 8 nitrogen and oxygen atoms in total. The third kappa shape index (κ3) is 4.28. The zero-order valence-electron chi connectivity index (χ0n) is 16.3. The maximum absolute atomic E-state index is 12.8. The number of aliphatic hydroxyl groups is 1. The number of aryl methyl sites for hydroxylation is 2. The Morgan fingerprint density at radius 2 is 1.97 bits per heavy atom. The van der Waals surface area contributed by atoms with Crippen molar-refractivity contribution in [3.05, 3.63) is 58.5 Å². The Hall–Kier alpha value is -3.40. The first-order chi connectivity index (χ1) is 14.2. The molecule has 3 N–H and O–H groups in total. The van der Waals surface area contributed by atoms with Gasteiger partial charge in [-0.1, -0.05) is 18.2 Å². The second-order valence-corrected chi connectivity index (χ2v) is 6.84. The Kier molecular flexibility index (Phi) is 6.06. The molecule has 3 rings (SSSR count). The summed E-state index contributed by atoms with van der Waals surface area (Å²) in [5, 5.41) is 25.8. The number of aromatic nitrogens is 3. The molecule has 0 bridgehead atoms. The van der Waals surface area contributed by atoms with E-state index >= 15 is 0 Å². The molecule has 0 aliphatic rings. The van der Waals surface area contributed by atoms with E-state index in [1.54, 1.807) is 31.2 Å². The zero-order chi connectivity index (χ0) is 22.0. The lowest BCUT2D eigenvalue weighted by molar-refractivity contribution is -0.139. The molecule has 1 aromatic carbocycles. The van der Waals surface area contributed by atoms with Crippen molar-refractivity contribution >= 4 is 22.8 Å². The predicted octanol–water partition coefficient (Wildman–Crippen LogP) is 2.13. The number of fused-ring (bicyclic) bond motifs is 1. The van der Waals surface area contributed by atoms with Crippen molar-refractivity contribution in [2.24, 2.45) is 7.05 Å². The molecule has 2 heterocycles. The lowest BCUT2D eigenvalue weighted by atomic mass is 9.99. The molecule has 0 aliphatic carbocycles. The summed E-state index contributed by atoms with van der Waals surface area (Å²) < 4.78 is 26.6. The fraction of sp³-hybridized carbons (Fsp3) is 0.300. The third-order valence-electron chi connectivity index (χ3n) is 4.69. The highest BCUT2D eigenvalue weighted by atomic mass is 19.3. The fourth-order valence-electron chi connectivity index (χ4n) is 3.28. The number of hydrogen-bond donors (Lipinski definition) is 3. The number of carbonyl (C=O) groups excluding carboxylic acids is 1. The molecule has 10 heteroatoms. The van der Waals surface area contributed by atoms with E-state index in [2.05, 4.69) is 15.4 Å². The van der Waals surface area contributed by atoms with Gasteiger partial charge in [0.2, 0.25) is 0 Å². The van der Waals surface area contributed by atoms with Crippen LogP contribution >= 0.6 is 0 Å². The molecule has 158 valence electrons. The van der Waals surface area contributed by atoms with E-state index in [0.29, 0.717) is 27.7 Å². The number of rotatable bonds is 7. The SMILES string of the molecule is Cc1cc(CO)c2cccc(C[C@H](NC(=O)c3cc(C(F)F)nn3C)C(=O)O)c2n1. The minimum Gasteiger partial charge on any atom is -0.480 e. The van der Waals surface area contributed by atoms with E-state index in [-0.39, 0.29) is 18.7 Å². The summed E-state index contributed by atoms with van der Waals surface area (Å²) in [6.07, 6.45) is -2.93. The third-order valence-corrected chi connectivity index (χ3v) is 4.69. The smallest absolute Gasteiger partial charge is 0.326 e. The topological polar surface area (TPSA) is 117 Å². The van der Waals surface area contributed by atoms with Gasteiger partial charge in [0, 0.05) is 24.5 Å². The summed E-state index contributed by atoms with van der Waals surface area (Å²) in [6.45, 7) is 1.56. The highest BCUT2D eigenvalue weighted by Gasteiger charge is 2.25. The fourth-order valence-corrected chi connectivity index (χ4v) is 3.28. The monoisotopic (exact) mass is 418 g/mol. The number of para-hydroxylation sites is 1. The summed E-state index contributed by atoms with van der Waals surface area (Å²) in [5.41, 5.74) is 1.67. The van der Waals surface area contributed by atoms with Gasteiger partial charge < -0.3 is 15.5 Å². The number of pyridine rings is 1. The van der Waals surface area contributed by atoms with Crippen molar-refractivity contribution in [3.63, 3.8) is 0 Å². The van der Waals surface area contributed by atoms with Crippen LogP contribution in [0.3, 0.4) is 0 Å². The number of nitrogens with one attached hydrogen (secondary N) is 1. The van der Waals surface area contributed by atoms with Crippen LogP contribution in [0, 0.1) is 6.92 Å². The van der Waals surface area contributed by atoms with Gasteiger partial charge in [-0.05, 0) is 30.2 Å². The van der Waals surface area contributed by atoms with Crippen LogP contribution in [0.2, 0.25) is 0 Å². The number of halogens is 2. The van der Waals surface area contributed by atoms with Crippen LogP contribution in [0.1, 0.15) is 39.4 Å². The van der Waals surface area contributed by atoms with E-state index in [0.717, 1.165) is 10.7 Å². The summed E-state index contributed by atoms with van der Waals surface area (Å²) in [6, 6.07) is 6.52. The van der Waals surface area contributed by atoms with Crippen LogP contribution in [0.25, 0.3) is 10.9 Å². The van der Waals surface area contributed by atoms with Gasteiger partial charge in [-0.2, -0.15) is 5.10 Å². The first-order valence-corrected chi connectivity index (χ1v) is 9.06. The van der Waals surface area contributed by atoms with Crippen LogP contribution in [0.4, 0.5) is 8.78 Å². The Labute approximate surface area is 170 Å². The number of aliphatic carboxylic acids is 1. The number of aliphatic hydroxyl groups excluding tert-OH is 1. The number of carboxylic acid groups (broad SMARTS) is 1. The molecular formula is C20H20F2N4O4. The average molecular weight is 418 g/mol. The van der Waals surface area contributed by atoms with Gasteiger partial charge in [-0.15, -0.1) is 0 Å². The zero-order valence-corrected chi connectivity index (χ0v) is 16.3. The number of benzene rings is 1. The Balaban J connectivity index is 1.91. The van der Waals surface area contributed by atoms with Crippen molar-refractivity contribution in [3.8, 4) is 0 Å². The van der Waals surface area contributed by atoms with Crippen molar-refractivity contribution in [2.45, 2.75) is 32.4 Å². The molecule has 0 saturated heterocycles. The molecule has 0 saturated carbocycles. The van der Waals surface area contributed by atoms with E-state index in [1.807, 2.05) is 0 Å². The normalized spacial score (nSPS) is 12.3. The molecular weight excluding hydrogens is 398 g/mol. The summed E-state index contributed by atoms with van der Waals surface area (Å²) >= 11 is 0. The molecule has 0 spiro atoms. The summed E-state index contributed by atoms with van der Waals surface area (Å²) in [5.74, 6) is -2.11. The Morgan fingerprint density at radius 3 is 2.57 bits per heavy atom. The van der Waals surface area contributed by atoms with E-state index < -0.39 is 30.0 Å². The first kappa shape index (κ1) is 21.3. The molecule has 30 heavy (non-hydrogen) atoms. The van der Waals surface area contributed by atoms with E-state index in [9.17, 15) is 28.6 Å². The first-order valence-electron chi connectivity index (χ1n) is 9.06. The van der Waals surface area contributed by atoms with Crippen LogP contribution in [-0.4, -0.2) is 42.9 Å². The second kappa shape index (κ2) is 8.54. The van der Waals surface area contributed by atoms with Crippen molar-refractivity contribution in [2.75, 3.05) is 0 Å². The van der Waals surface area contributed by atoms with Crippen molar-refractivity contribution in [1.82, 2.24) is 20.1 Å². The largest absolute Gasteiger partial charge is 0.480 e. The average Bonchev–Trinajstić information content (AvgIpc) is 3.09. The highest BCUT2D eigenvalue weighted by Crippen LogP contribution is 2.23. The molecule has 0 unspecified atom stereocenters. The maximum Gasteiger partial charge on any atom is 0.326 e. The minimum atomic E-state index is -2.85. The number of carbonyl (C=O) groups is 2. The number of nitrogens with zero attached hydrogens (tertiary/aromatic N) is 3. The Bertz CT molecular complexity index is 1110. The predicted molar refractivity (Wildman–Crippen MR) is 103 cm³/mol. The highest BCUT2D eigenvalue weighted by molar-refractivity contribution is 5.95. The standard InChI is InChI=1S/C20H20F2N4O4/c1-10-6-12(9-27)13-5-3-4-11(17(13)23-10)7-15(20(29)30)24-19(28)16-8-14(18(21)22)25-26(16)2/h3-6,8,15,18,27H,7,9H2,1-2H3,(H,24,28)(H,29,30)/t15-/m0/s1. The molecule has 3 aromatic rings. The van der Waals surface area contributed by atoms with Gasteiger partial charge in [0.25, 0.3) is 12.3 Å². The second-order valence-electron chi connectivity index (χ2n) is 6.84. The van der Waals surface area contributed by atoms with Crippen LogP contribution in [0.15, 0.2) is 30.3 Å². The molecule has 0 aliphatic heterocycles. The van der Waals surface area contributed by atoms with Gasteiger partial charge in [-0.3, -0.25) is 14.5 Å². The number of amides is 1. The minimum absolute atomic E-state index is 0.0840. The number of carboxylic acids is 1. The van der Waals surface area contributed by atoms with Crippen molar-refractivity contribution < 1.29 is 28.6 Å². The molecule has 2 aromatic heterocycles. The van der Waals surface area contributed by atoms with E-state index in [1.165, 1.54) is 7.05 Å². The molecule has 1 amide bonds. The van der Waals surface area contributed by atoms with Crippen LogP contribution < -0.4 is 5.32 Å². The van der Waals surface area contributed by atoms with Gasteiger partial charge in [0.05, 0.1) is 12.1 Å².